The highest BCUT2D eigenvalue weighted by atomic mass is 35.5. The van der Waals surface area contributed by atoms with Crippen LogP contribution in [-0.2, 0) is 6.54 Å². The maximum Gasteiger partial charge on any atom is 0.115 e. The van der Waals surface area contributed by atoms with Crippen LogP contribution in [0.2, 0.25) is 5.02 Å². The molecule has 2 rings (SSSR count). The van der Waals surface area contributed by atoms with E-state index < -0.39 is 6.10 Å². The second kappa shape index (κ2) is 6.46. The van der Waals surface area contributed by atoms with Crippen molar-refractivity contribution in [2.75, 3.05) is 13.1 Å². The standard InChI is InChI=1S/C15H26ClN3O/c1-4-8-19-13(12(16)11-17-19)14(20)15(3,5-2)18-9-6-7-10-18/h11,14,20H,4-10H2,1-3H3. The summed E-state index contributed by atoms with van der Waals surface area (Å²) in [6, 6.07) is 0. The first-order valence-electron chi connectivity index (χ1n) is 7.69. The third-order valence-electron chi connectivity index (χ3n) is 4.66. The molecule has 1 fully saturated rings. The van der Waals surface area contributed by atoms with Gasteiger partial charge in [0.2, 0.25) is 0 Å². The monoisotopic (exact) mass is 299 g/mol. The smallest absolute Gasteiger partial charge is 0.115 e. The van der Waals surface area contributed by atoms with Crippen LogP contribution in [0.15, 0.2) is 6.20 Å². The highest BCUT2D eigenvalue weighted by Crippen LogP contribution is 2.38. The van der Waals surface area contributed by atoms with E-state index in [1.807, 2.05) is 4.68 Å². The fourth-order valence-electron chi connectivity index (χ4n) is 3.15. The summed E-state index contributed by atoms with van der Waals surface area (Å²) in [5.41, 5.74) is 0.496. The molecule has 20 heavy (non-hydrogen) atoms. The van der Waals surface area contributed by atoms with E-state index in [-0.39, 0.29) is 5.54 Å². The maximum absolute atomic E-state index is 11.0. The largest absolute Gasteiger partial charge is 0.385 e. The molecule has 2 atom stereocenters. The summed E-state index contributed by atoms with van der Waals surface area (Å²) in [7, 11) is 0. The second-order valence-electron chi connectivity index (χ2n) is 5.91. The molecule has 0 aliphatic carbocycles. The molecule has 2 heterocycles. The molecule has 1 N–H and O–H groups in total. The Balaban J connectivity index is 2.32. The number of hydrogen-bond acceptors (Lipinski definition) is 3. The van der Waals surface area contributed by atoms with Crippen molar-refractivity contribution < 1.29 is 5.11 Å². The topological polar surface area (TPSA) is 41.3 Å². The van der Waals surface area contributed by atoms with Crippen LogP contribution >= 0.6 is 11.6 Å². The zero-order valence-electron chi connectivity index (χ0n) is 12.8. The molecular formula is C15H26ClN3O. The SMILES string of the molecule is CCCn1ncc(Cl)c1C(O)C(C)(CC)N1CCCC1. The molecule has 4 nitrogen and oxygen atoms in total. The third-order valence-corrected chi connectivity index (χ3v) is 4.95. The Morgan fingerprint density at radius 2 is 2.05 bits per heavy atom. The molecule has 1 aliphatic heterocycles. The van der Waals surface area contributed by atoms with Gasteiger partial charge in [-0.25, -0.2) is 0 Å². The van der Waals surface area contributed by atoms with E-state index in [1.54, 1.807) is 6.20 Å². The van der Waals surface area contributed by atoms with E-state index in [2.05, 4.69) is 30.8 Å². The molecule has 0 aromatic carbocycles. The minimum absolute atomic E-state index is 0.272. The molecule has 2 unspecified atom stereocenters. The molecule has 0 bridgehead atoms. The molecule has 0 spiro atoms. The van der Waals surface area contributed by atoms with Gasteiger partial charge in [0, 0.05) is 12.1 Å². The molecule has 1 aliphatic rings. The maximum atomic E-state index is 11.0. The summed E-state index contributed by atoms with van der Waals surface area (Å²) >= 11 is 6.28. The Labute approximate surface area is 126 Å². The zero-order valence-corrected chi connectivity index (χ0v) is 13.5. The quantitative estimate of drug-likeness (QED) is 0.877. The van der Waals surface area contributed by atoms with Gasteiger partial charge in [0.05, 0.1) is 16.9 Å². The minimum atomic E-state index is -0.604. The summed E-state index contributed by atoms with van der Waals surface area (Å²) < 4.78 is 1.86. The summed E-state index contributed by atoms with van der Waals surface area (Å²) in [6.07, 6.45) is 5.34. The summed E-state index contributed by atoms with van der Waals surface area (Å²) in [6.45, 7) is 9.28. The van der Waals surface area contributed by atoms with Gasteiger partial charge in [-0.15, -0.1) is 0 Å². The Bertz CT molecular complexity index is 442. The van der Waals surface area contributed by atoms with Gasteiger partial charge in [-0.05, 0) is 45.7 Å². The van der Waals surface area contributed by atoms with Crippen molar-refractivity contribution in [3.05, 3.63) is 16.9 Å². The number of aliphatic hydroxyl groups is 1. The number of aromatic nitrogens is 2. The van der Waals surface area contributed by atoms with E-state index in [0.29, 0.717) is 5.02 Å². The first-order chi connectivity index (χ1) is 9.54. The number of hydrogen-bond donors (Lipinski definition) is 1. The van der Waals surface area contributed by atoms with Gasteiger partial charge in [-0.1, -0.05) is 25.4 Å². The molecule has 1 saturated heterocycles. The van der Waals surface area contributed by atoms with Gasteiger partial charge in [-0.2, -0.15) is 5.10 Å². The molecule has 0 saturated carbocycles. The van der Waals surface area contributed by atoms with Crippen molar-refractivity contribution in [3.8, 4) is 0 Å². The predicted octanol–water partition coefficient (Wildman–Crippen LogP) is 3.24. The average molecular weight is 300 g/mol. The van der Waals surface area contributed by atoms with Crippen LogP contribution in [0, 0.1) is 0 Å². The Hall–Kier alpha value is -0.580. The first-order valence-corrected chi connectivity index (χ1v) is 8.06. The molecule has 1 aromatic rings. The van der Waals surface area contributed by atoms with Gasteiger partial charge in [0.15, 0.2) is 0 Å². The van der Waals surface area contributed by atoms with E-state index in [4.69, 9.17) is 11.6 Å². The number of likely N-dealkylation sites (tertiary alicyclic amines) is 1. The van der Waals surface area contributed by atoms with Crippen molar-refractivity contribution in [2.45, 2.75) is 64.6 Å². The lowest BCUT2D eigenvalue weighted by Crippen LogP contribution is -2.49. The van der Waals surface area contributed by atoms with Crippen molar-refractivity contribution in [1.29, 1.82) is 0 Å². The van der Waals surface area contributed by atoms with Gasteiger partial charge in [0.1, 0.15) is 6.10 Å². The predicted molar refractivity (Wildman–Crippen MR) is 82.0 cm³/mol. The van der Waals surface area contributed by atoms with Crippen LogP contribution in [-0.4, -0.2) is 38.4 Å². The fraction of sp³-hybridized carbons (Fsp3) is 0.800. The Morgan fingerprint density at radius 3 is 2.60 bits per heavy atom. The molecule has 5 heteroatoms. The lowest BCUT2D eigenvalue weighted by molar-refractivity contribution is -0.0187. The van der Waals surface area contributed by atoms with Crippen molar-refractivity contribution in [1.82, 2.24) is 14.7 Å². The lowest BCUT2D eigenvalue weighted by atomic mass is 9.87. The highest BCUT2D eigenvalue weighted by molar-refractivity contribution is 6.31. The van der Waals surface area contributed by atoms with Crippen molar-refractivity contribution in [3.63, 3.8) is 0 Å². The van der Waals surface area contributed by atoms with E-state index >= 15 is 0 Å². The molecule has 114 valence electrons. The fourth-order valence-corrected chi connectivity index (χ4v) is 3.39. The van der Waals surface area contributed by atoms with Crippen LogP contribution in [0.5, 0.6) is 0 Å². The molecule has 0 amide bonds. The minimum Gasteiger partial charge on any atom is -0.385 e. The second-order valence-corrected chi connectivity index (χ2v) is 6.32. The highest BCUT2D eigenvalue weighted by Gasteiger charge is 2.41. The van der Waals surface area contributed by atoms with Crippen LogP contribution in [0.1, 0.15) is 58.3 Å². The number of nitrogens with zero attached hydrogens (tertiary/aromatic N) is 3. The summed E-state index contributed by atoms with van der Waals surface area (Å²) in [4.78, 5) is 2.40. The zero-order chi connectivity index (χ0) is 14.8. The molecule has 1 aromatic heterocycles. The molecule has 0 radical (unpaired) electrons. The van der Waals surface area contributed by atoms with E-state index in [9.17, 15) is 5.11 Å². The number of aryl methyl sites for hydroxylation is 1. The lowest BCUT2D eigenvalue weighted by Gasteiger charge is -2.42. The van der Waals surface area contributed by atoms with Gasteiger partial charge >= 0.3 is 0 Å². The average Bonchev–Trinajstić information content (AvgIpc) is 3.08. The van der Waals surface area contributed by atoms with Crippen molar-refractivity contribution in [2.24, 2.45) is 0 Å². The van der Waals surface area contributed by atoms with Crippen LogP contribution < -0.4 is 0 Å². The summed E-state index contributed by atoms with van der Waals surface area (Å²) in [5, 5.41) is 15.9. The molecular weight excluding hydrogens is 274 g/mol. The number of halogens is 1. The van der Waals surface area contributed by atoms with Gasteiger partial charge < -0.3 is 5.11 Å². The van der Waals surface area contributed by atoms with Crippen LogP contribution in [0.25, 0.3) is 0 Å². The van der Waals surface area contributed by atoms with E-state index in [0.717, 1.165) is 38.2 Å². The number of aliphatic hydroxyl groups excluding tert-OH is 1. The third kappa shape index (κ3) is 2.74. The van der Waals surface area contributed by atoms with Crippen LogP contribution in [0.3, 0.4) is 0 Å². The van der Waals surface area contributed by atoms with Crippen molar-refractivity contribution >= 4 is 11.6 Å². The number of rotatable bonds is 6. The Morgan fingerprint density at radius 1 is 1.40 bits per heavy atom. The Kier molecular flexibility index (Phi) is 5.10. The van der Waals surface area contributed by atoms with E-state index in [1.165, 1.54) is 12.8 Å². The first kappa shape index (κ1) is 15.8. The summed E-state index contributed by atoms with van der Waals surface area (Å²) in [5.74, 6) is 0. The van der Waals surface area contributed by atoms with Gasteiger partial charge in [-0.3, -0.25) is 9.58 Å². The van der Waals surface area contributed by atoms with Crippen LogP contribution in [0.4, 0.5) is 0 Å². The van der Waals surface area contributed by atoms with Gasteiger partial charge in [0.25, 0.3) is 0 Å². The normalized spacial score (nSPS) is 21.1.